The average molecular weight is 406 g/mol. The number of aromatic nitrogens is 2. The molecule has 5 rings (SSSR count). The van der Waals surface area contributed by atoms with Gasteiger partial charge in [0.15, 0.2) is 0 Å². The van der Waals surface area contributed by atoms with Crippen molar-refractivity contribution in [3.63, 3.8) is 0 Å². The molecule has 1 amide bonds. The number of hydrogen-bond donors (Lipinski definition) is 2. The van der Waals surface area contributed by atoms with Crippen LogP contribution in [0.2, 0.25) is 0 Å². The maximum Gasteiger partial charge on any atom is 0.226 e. The summed E-state index contributed by atoms with van der Waals surface area (Å²) in [5.41, 5.74) is 1.48. The monoisotopic (exact) mass is 405 g/mol. The van der Waals surface area contributed by atoms with Gasteiger partial charge in [-0.15, -0.1) is 0 Å². The summed E-state index contributed by atoms with van der Waals surface area (Å²) in [5, 5.41) is 11.6. The lowest BCUT2D eigenvalue weighted by Crippen LogP contribution is -2.44. The molecule has 156 valence electrons. The van der Waals surface area contributed by atoms with Crippen molar-refractivity contribution in [2.45, 2.75) is 44.6 Å². The summed E-state index contributed by atoms with van der Waals surface area (Å²) >= 11 is 0. The summed E-state index contributed by atoms with van der Waals surface area (Å²) in [6.07, 6.45) is 6.28. The fourth-order valence-electron chi connectivity index (χ4n) is 4.44. The smallest absolute Gasteiger partial charge is 0.226 e. The second-order valence-corrected chi connectivity index (χ2v) is 8.99. The van der Waals surface area contributed by atoms with Gasteiger partial charge in [-0.3, -0.25) is 10.2 Å². The van der Waals surface area contributed by atoms with Crippen molar-refractivity contribution >= 4 is 17.4 Å². The minimum absolute atomic E-state index is 0.0508. The number of carbonyl (C=O) groups is 1. The third kappa shape index (κ3) is 3.53. The average Bonchev–Trinajstić information content (AvgIpc) is 3.39. The van der Waals surface area contributed by atoms with Gasteiger partial charge in [-0.1, -0.05) is 12.1 Å². The van der Waals surface area contributed by atoms with Crippen LogP contribution in [0.15, 0.2) is 36.7 Å². The van der Waals surface area contributed by atoms with Crippen LogP contribution >= 0.6 is 0 Å². The zero-order valence-corrected chi connectivity index (χ0v) is 17.3. The third-order valence-corrected chi connectivity index (χ3v) is 6.77. The van der Waals surface area contributed by atoms with Crippen molar-refractivity contribution in [3.05, 3.63) is 47.9 Å². The van der Waals surface area contributed by atoms with E-state index >= 15 is 0 Å². The predicted molar refractivity (Wildman–Crippen MR) is 114 cm³/mol. The van der Waals surface area contributed by atoms with E-state index in [1.165, 1.54) is 6.33 Å². The van der Waals surface area contributed by atoms with Gasteiger partial charge in [-0.05, 0) is 51.2 Å². The van der Waals surface area contributed by atoms with E-state index in [0.29, 0.717) is 11.4 Å². The summed E-state index contributed by atoms with van der Waals surface area (Å²) in [6.45, 7) is 4.48. The molecule has 1 saturated carbocycles. The molecule has 1 aromatic carbocycles. The standard InChI is InChI=1S/C23H27N5O2/c1-22(5-6-22)30-17-4-2-3-16(13-17)20(24)18-14-19(27-15-26-18)28-11-8-23(9-12-28)7-10-25-21(23)29/h2-4,13-15,24H,5-12H2,1H3,(H,25,29). The number of amides is 1. The van der Waals surface area contributed by atoms with Gasteiger partial charge < -0.3 is 15.0 Å². The van der Waals surface area contributed by atoms with E-state index in [-0.39, 0.29) is 16.9 Å². The van der Waals surface area contributed by atoms with E-state index in [1.807, 2.05) is 30.3 Å². The van der Waals surface area contributed by atoms with Crippen molar-refractivity contribution in [3.8, 4) is 5.75 Å². The van der Waals surface area contributed by atoms with E-state index < -0.39 is 0 Å². The minimum atomic E-state index is -0.197. The summed E-state index contributed by atoms with van der Waals surface area (Å²) < 4.78 is 6.04. The van der Waals surface area contributed by atoms with E-state index in [4.69, 9.17) is 10.1 Å². The Kier molecular flexibility index (Phi) is 4.49. The molecular weight excluding hydrogens is 378 g/mol. The summed E-state index contributed by atoms with van der Waals surface area (Å²) in [4.78, 5) is 23.2. The van der Waals surface area contributed by atoms with Crippen LogP contribution in [-0.4, -0.2) is 46.8 Å². The van der Waals surface area contributed by atoms with Crippen LogP contribution in [0.4, 0.5) is 5.82 Å². The fourth-order valence-corrected chi connectivity index (χ4v) is 4.44. The zero-order chi connectivity index (χ0) is 20.8. The summed E-state index contributed by atoms with van der Waals surface area (Å²) in [6, 6.07) is 9.57. The zero-order valence-electron chi connectivity index (χ0n) is 17.3. The molecule has 2 N–H and O–H groups in total. The summed E-state index contributed by atoms with van der Waals surface area (Å²) in [5.74, 6) is 1.81. The van der Waals surface area contributed by atoms with Gasteiger partial charge in [0, 0.05) is 31.3 Å². The number of anilines is 1. The van der Waals surface area contributed by atoms with Crippen molar-refractivity contribution in [1.29, 1.82) is 5.41 Å². The molecule has 30 heavy (non-hydrogen) atoms. The maximum absolute atomic E-state index is 12.2. The molecular formula is C23H27N5O2. The lowest BCUT2D eigenvalue weighted by atomic mass is 9.77. The first-order valence-electron chi connectivity index (χ1n) is 10.7. The van der Waals surface area contributed by atoms with E-state index in [1.54, 1.807) is 0 Å². The molecule has 7 nitrogen and oxygen atoms in total. The Balaban J connectivity index is 1.31. The summed E-state index contributed by atoms with van der Waals surface area (Å²) in [7, 11) is 0. The number of nitrogens with one attached hydrogen (secondary N) is 2. The number of piperidine rings is 1. The highest BCUT2D eigenvalue weighted by molar-refractivity contribution is 6.10. The molecule has 2 aromatic rings. The molecule has 2 saturated heterocycles. The number of rotatable bonds is 5. The van der Waals surface area contributed by atoms with Crippen molar-refractivity contribution in [2.24, 2.45) is 5.41 Å². The SMILES string of the molecule is CC1(Oc2cccc(C(=N)c3cc(N4CCC5(CCNC5=O)CC4)ncn3)c2)CC1. The lowest BCUT2D eigenvalue weighted by Gasteiger charge is -2.37. The largest absolute Gasteiger partial charge is 0.488 e. The molecule has 3 fully saturated rings. The van der Waals surface area contributed by atoms with Crippen LogP contribution < -0.4 is 15.0 Å². The van der Waals surface area contributed by atoms with Crippen molar-refractivity contribution in [2.75, 3.05) is 24.5 Å². The van der Waals surface area contributed by atoms with E-state index in [9.17, 15) is 4.79 Å². The molecule has 1 spiro atoms. The maximum atomic E-state index is 12.2. The highest BCUT2D eigenvalue weighted by atomic mass is 16.5. The molecule has 3 heterocycles. The first-order chi connectivity index (χ1) is 14.5. The van der Waals surface area contributed by atoms with E-state index in [0.717, 1.165) is 68.9 Å². The minimum Gasteiger partial charge on any atom is -0.488 e. The molecule has 2 aliphatic heterocycles. The normalized spacial score (nSPS) is 21.4. The van der Waals surface area contributed by atoms with E-state index in [2.05, 4.69) is 27.1 Å². The number of hydrogen-bond acceptors (Lipinski definition) is 6. The van der Waals surface area contributed by atoms with Crippen LogP contribution in [0.5, 0.6) is 5.75 Å². The van der Waals surface area contributed by atoms with Gasteiger partial charge >= 0.3 is 0 Å². The van der Waals surface area contributed by atoms with Crippen LogP contribution in [0.3, 0.4) is 0 Å². The van der Waals surface area contributed by atoms with Crippen LogP contribution in [0.1, 0.15) is 50.3 Å². The number of ether oxygens (including phenoxy) is 1. The topological polar surface area (TPSA) is 91.2 Å². The Labute approximate surface area is 176 Å². The van der Waals surface area contributed by atoms with Crippen LogP contribution in [0.25, 0.3) is 0 Å². The van der Waals surface area contributed by atoms with Gasteiger partial charge in [-0.25, -0.2) is 9.97 Å². The Hall–Kier alpha value is -2.96. The molecule has 7 heteroatoms. The van der Waals surface area contributed by atoms with Crippen LogP contribution in [-0.2, 0) is 4.79 Å². The fraction of sp³-hybridized carbons (Fsp3) is 0.478. The van der Waals surface area contributed by atoms with Gasteiger partial charge in [0.25, 0.3) is 0 Å². The number of benzene rings is 1. The molecule has 1 aromatic heterocycles. The molecule has 0 radical (unpaired) electrons. The van der Waals surface area contributed by atoms with Gasteiger partial charge in [0.2, 0.25) is 5.91 Å². The Morgan fingerprint density at radius 2 is 1.93 bits per heavy atom. The number of carbonyl (C=O) groups excluding carboxylic acids is 1. The van der Waals surface area contributed by atoms with Crippen molar-refractivity contribution < 1.29 is 9.53 Å². The van der Waals surface area contributed by atoms with Gasteiger partial charge in [-0.2, -0.15) is 0 Å². The second-order valence-electron chi connectivity index (χ2n) is 8.99. The molecule has 0 unspecified atom stereocenters. The quantitative estimate of drug-likeness (QED) is 0.747. The van der Waals surface area contributed by atoms with Gasteiger partial charge in [0.1, 0.15) is 23.5 Å². The highest BCUT2D eigenvalue weighted by Crippen LogP contribution is 2.40. The molecule has 0 atom stereocenters. The second kappa shape index (κ2) is 7.07. The molecule has 3 aliphatic rings. The Morgan fingerprint density at radius 1 is 1.13 bits per heavy atom. The predicted octanol–water partition coefficient (Wildman–Crippen LogP) is 2.93. The van der Waals surface area contributed by atoms with Gasteiger partial charge in [0.05, 0.1) is 16.8 Å². The third-order valence-electron chi connectivity index (χ3n) is 6.77. The molecule has 0 bridgehead atoms. The Bertz CT molecular complexity index is 993. The molecule has 1 aliphatic carbocycles. The van der Waals surface area contributed by atoms with Crippen LogP contribution in [0, 0.1) is 10.8 Å². The number of nitrogens with zero attached hydrogens (tertiary/aromatic N) is 3. The lowest BCUT2D eigenvalue weighted by molar-refractivity contribution is -0.128. The Morgan fingerprint density at radius 3 is 2.63 bits per heavy atom. The first-order valence-corrected chi connectivity index (χ1v) is 10.7. The van der Waals surface area contributed by atoms with Crippen molar-refractivity contribution in [1.82, 2.24) is 15.3 Å². The highest BCUT2D eigenvalue weighted by Gasteiger charge is 2.44. The first kappa shape index (κ1) is 19.0.